The molecule has 0 fully saturated rings. The van der Waals surface area contributed by atoms with Crippen molar-refractivity contribution in [3.8, 4) is 11.4 Å². The summed E-state index contributed by atoms with van der Waals surface area (Å²) in [5.74, 6) is -0.00572. The lowest BCUT2D eigenvalue weighted by Crippen LogP contribution is -2.39. The number of amides is 1. The van der Waals surface area contributed by atoms with Crippen LogP contribution in [0.2, 0.25) is 0 Å². The number of methoxy groups -OCH3 is 1. The van der Waals surface area contributed by atoms with Crippen LogP contribution in [0.3, 0.4) is 0 Å². The zero-order valence-corrected chi connectivity index (χ0v) is 23.5. The lowest BCUT2D eigenvalue weighted by atomic mass is 10.2. The average Bonchev–Trinajstić information content (AvgIpc) is 3.20. The van der Waals surface area contributed by atoms with E-state index in [2.05, 4.69) is 39.4 Å². The van der Waals surface area contributed by atoms with Crippen molar-refractivity contribution in [3.63, 3.8) is 0 Å². The van der Waals surface area contributed by atoms with Gasteiger partial charge in [-0.3, -0.25) is 9.10 Å². The topological polar surface area (TPSA) is 93.0 Å². The van der Waals surface area contributed by atoms with E-state index in [1.54, 1.807) is 42.6 Å². The Balaban J connectivity index is 1.55. The molecule has 1 N–H and O–H groups in total. The van der Waals surface area contributed by atoms with Crippen LogP contribution in [0.4, 0.5) is 5.69 Å². The van der Waals surface area contributed by atoms with Crippen LogP contribution in [0.1, 0.15) is 28.1 Å². The van der Waals surface area contributed by atoms with Crippen LogP contribution in [-0.4, -0.2) is 38.8 Å². The Bertz CT molecular complexity index is 1590. The van der Waals surface area contributed by atoms with Gasteiger partial charge in [0.2, 0.25) is 0 Å². The molecule has 1 aromatic heterocycles. The van der Waals surface area contributed by atoms with Crippen molar-refractivity contribution in [3.05, 3.63) is 107 Å². The predicted molar refractivity (Wildman–Crippen MR) is 154 cm³/mol. The van der Waals surface area contributed by atoms with Crippen LogP contribution in [-0.2, 0) is 14.8 Å². The summed E-state index contributed by atoms with van der Waals surface area (Å²) in [5, 5.41) is 4.13. The third-order valence-electron chi connectivity index (χ3n) is 6.41. The Kier molecular flexibility index (Phi) is 8.21. The number of ether oxygens (including phenoxy) is 1. The summed E-state index contributed by atoms with van der Waals surface area (Å²) in [6.07, 6.45) is 1.57. The van der Waals surface area contributed by atoms with Gasteiger partial charge in [0.1, 0.15) is 12.3 Å². The highest BCUT2D eigenvalue weighted by molar-refractivity contribution is 7.92. The minimum atomic E-state index is -4.03. The fourth-order valence-electron chi connectivity index (χ4n) is 4.25. The molecule has 0 spiro atoms. The minimum Gasteiger partial charge on any atom is -0.497 e. The van der Waals surface area contributed by atoms with Crippen LogP contribution in [0.25, 0.3) is 5.69 Å². The molecule has 4 aromatic rings. The summed E-state index contributed by atoms with van der Waals surface area (Å²) in [4.78, 5) is 13.0. The SMILES string of the molecule is COc1ccc(N(CC(=O)N/N=C\c2cc(C)n(-c3ccc(C)cc3)c2C)S(=O)(=O)c2ccc(C)cc2)cc1. The summed E-state index contributed by atoms with van der Waals surface area (Å²) in [5.41, 5.74) is 8.79. The molecular weight excluding hydrogens is 512 g/mol. The number of carbonyl (C=O) groups is 1. The highest BCUT2D eigenvalue weighted by Gasteiger charge is 2.27. The second-order valence-electron chi connectivity index (χ2n) is 9.31. The lowest BCUT2D eigenvalue weighted by Gasteiger charge is -2.24. The van der Waals surface area contributed by atoms with E-state index < -0.39 is 22.5 Å². The number of anilines is 1. The smallest absolute Gasteiger partial charge is 0.264 e. The Labute approximate surface area is 229 Å². The normalized spacial score (nSPS) is 11.5. The maximum Gasteiger partial charge on any atom is 0.264 e. The van der Waals surface area contributed by atoms with Gasteiger partial charge in [0.05, 0.1) is 23.9 Å². The monoisotopic (exact) mass is 544 g/mol. The number of aryl methyl sites for hydroxylation is 3. The van der Waals surface area contributed by atoms with Gasteiger partial charge in [-0.05, 0) is 82.3 Å². The van der Waals surface area contributed by atoms with E-state index in [-0.39, 0.29) is 4.90 Å². The van der Waals surface area contributed by atoms with Gasteiger partial charge in [-0.15, -0.1) is 0 Å². The number of hydrazone groups is 1. The van der Waals surface area contributed by atoms with Crippen molar-refractivity contribution in [2.75, 3.05) is 18.0 Å². The molecule has 4 rings (SSSR count). The van der Waals surface area contributed by atoms with E-state index in [4.69, 9.17) is 4.74 Å². The maximum absolute atomic E-state index is 13.5. The number of rotatable bonds is 9. The molecule has 0 aliphatic carbocycles. The van der Waals surface area contributed by atoms with Gasteiger partial charge in [0, 0.05) is 22.6 Å². The number of hydrogen-bond acceptors (Lipinski definition) is 5. The quantitative estimate of drug-likeness (QED) is 0.235. The van der Waals surface area contributed by atoms with Crippen LogP contribution in [0, 0.1) is 27.7 Å². The van der Waals surface area contributed by atoms with E-state index in [0.29, 0.717) is 11.4 Å². The molecule has 0 bridgehead atoms. The van der Waals surface area contributed by atoms with Gasteiger partial charge in [-0.25, -0.2) is 13.8 Å². The largest absolute Gasteiger partial charge is 0.497 e. The predicted octanol–water partition coefficient (Wildman–Crippen LogP) is 5.07. The zero-order chi connectivity index (χ0) is 28.2. The third-order valence-corrected chi connectivity index (χ3v) is 8.20. The van der Waals surface area contributed by atoms with Gasteiger partial charge in [0.15, 0.2) is 0 Å². The first-order valence-corrected chi connectivity index (χ1v) is 13.9. The number of hydrogen-bond donors (Lipinski definition) is 1. The van der Waals surface area contributed by atoms with Crippen molar-refractivity contribution in [2.45, 2.75) is 32.6 Å². The molecule has 8 nitrogen and oxygen atoms in total. The Morgan fingerprint density at radius 1 is 0.923 bits per heavy atom. The molecule has 0 radical (unpaired) electrons. The van der Waals surface area contributed by atoms with Gasteiger partial charge in [-0.1, -0.05) is 35.4 Å². The molecule has 0 saturated carbocycles. The maximum atomic E-state index is 13.5. The molecule has 9 heteroatoms. The first-order chi connectivity index (χ1) is 18.6. The third kappa shape index (κ3) is 6.21. The van der Waals surface area contributed by atoms with E-state index in [1.165, 1.54) is 24.8 Å². The van der Waals surface area contributed by atoms with Crippen molar-refractivity contribution in [1.29, 1.82) is 0 Å². The number of carbonyl (C=O) groups excluding carboxylic acids is 1. The Morgan fingerprint density at radius 2 is 1.51 bits per heavy atom. The molecule has 1 amide bonds. The van der Waals surface area contributed by atoms with Gasteiger partial charge in [0.25, 0.3) is 15.9 Å². The molecule has 0 aliphatic heterocycles. The number of nitrogens with zero attached hydrogens (tertiary/aromatic N) is 3. The van der Waals surface area contributed by atoms with Gasteiger partial charge in [-0.2, -0.15) is 5.10 Å². The summed E-state index contributed by atoms with van der Waals surface area (Å²) in [6, 6.07) is 23.2. The zero-order valence-electron chi connectivity index (χ0n) is 22.7. The summed E-state index contributed by atoms with van der Waals surface area (Å²) < 4.78 is 35.5. The number of sulfonamides is 1. The number of nitrogens with one attached hydrogen (secondary N) is 1. The fraction of sp³-hybridized carbons (Fsp3) is 0.200. The van der Waals surface area contributed by atoms with E-state index in [0.717, 1.165) is 32.5 Å². The van der Waals surface area contributed by atoms with E-state index in [1.807, 2.05) is 33.8 Å². The first-order valence-electron chi connectivity index (χ1n) is 12.4. The molecular formula is C30H32N4O4S. The second-order valence-corrected chi connectivity index (χ2v) is 11.2. The summed E-state index contributed by atoms with van der Waals surface area (Å²) in [7, 11) is -2.50. The molecule has 0 unspecified atom stereocenters. The van der Waals surface area contributed by atoms with E-state index in [9.17, 15) is 13.2 Å². The van der Waals surface area contributed by atoms with Crippen molar-refractivity contribution in [1.82, 2.24) is 9.99 Å². The van der Waals surface area contributed by atoms with Gasteiger partial charge < -0.3 is 9.30 Å². The van der Waals surface area contributed by atoms with Gasteiger partial charge >= 0.3 is 0 Å². The highest BCUT2D eigenvalue weighted by atomic mass is 32.2. The molecule has 0 saturated heterocycles. The molecule has 3 aromatic carbocycles. The Hall–Kier alpha value is -4.37. The molecule has 39 heavy (non-hydrogen) atoms. The van der Waals surface area contributed by atoms with Crippen LogP contribution < -0.4 is 14.5 Å². The minimum absolute atomic E-state index is 0.0868. The lowest BCUT2D eigenvalue weighted by molar-refractivity contribution is -0.119. The van der Waals surface area contributed by atoms with Crippen LogP contribution in [0.15, 0.2) is 88.9 Å². The number of aromatic nitrogens is 1. The molecule has 0 atom stereocenters. The van der Waals surface area contributed by atoms with Crippen molar-refractivity contribution in [2.24, 2.45) is 5.10 Å². The number of benzene rings is 3. The standard InChI is InChI=1S/C30H32N4O4S/c1-21-6-10-27(11-7-21)34-23(3)18-25(24(34)4)19-31-32-30(35)20-33(26-12-14-28(38-5)15-13-26)39(36,37)29-16-8-22(2)9-17-29/h6-19H,20H2,1-5H3,(H,32,35)/b31-19-. The molecule has 202 valence electrons. The molecule has 0 aliphatic rings. The summed E-state index contributed by atoms with van der Waals surface area (Å²) in [6.45, 7) is 7.45. The average molecular weight is 545 g/mol. The summed E-state index contributed by atoms with van der Waals surface area (Å²) >= 11 is 0. The highest BCUT2D eigenvalue weighted by Crippen LogP contribution is 2.26. The van der Waals surface area contributed by atoms with Crippen LogP contribution in [0.5, 0.6) is 5.75 Å². The van der Waals surface area contributed by atoms with Crippen molar-refractivity contribution < 1.29 is 17.9 Å². The Morgan fingerprint density at radius 3 is 2.10 bits per heavy atom. The fourth-order valence-corrected chi connectivity index (χ4v) is 5.67. The second kappa shape index (κ2) is 11.6. The van der Waals surface area contributed by atoms with E-state index >= 15 is 0 Å². The first kappa shape index (κ1) is 27.7. The molecule has 1 heterocycles. The van der Waals surface area contributed by atoms with Crippen molar-refractivity contribution >= 4 is 27.8 Å². The van der Waals surface area contributed by atoms with Crippen LogP contribution >= 0.6 is 0 Å².